The average molecular weight is 252 g/mol. The van der Waals surface area contributed by atoms with Crippen molar-refractivity contribution in [1.29, 1.82) is 0 Å². The van der Waals surface area contributed by atoms with Crippen LogP contribution in [-0.2, 0) is 9.53 Å². The lowest BCUT2D eigenvalue weighted by molar-refractivity contribution is -0.142. The van der Waals surface area contributed by atoms with E-state index < -0.39 is 0 Å². The van der Waals surface area contributed by atoms with Crippen LogP contribution < -0.4 is 9.47 Å². The molecule has 0 radical (unpaired) electrons. The molecule has 1 aromatic rings. The molecule has 1 rings (SSSR count). The van der Waals surface area contributed by atoms with Crippen LogP contribution in [0.25, 0.3) is 0 Å². The maximum atomic E-state index is 11.1. The Balaban J connectivity index is 2.62. The standard InChI is InChI=1S/C14H20O4/c1-4-9-17-12-7-5-6-8-13(12)18-11(2)10-14(15)16-3/h5-8,11H,4,9-10H2,1-3H3. The van der Waals surface area contributed by atoms with Crippen molar-refractivity contribution in [3.8, 4) is 11.5 Å². The number of benzene rings is 1. The summed E-state index contributed by atoms with van der Waals surface area (Å²) in [6, 6.07) is 7.45. The Labute approximate surface area is 108 Å². The van der Waals surface area contributed by atoms with Gasteiger partial charge in [0.2, 0.25) is 0 Å². The SMILES string of the molecule is CCCOc1ccccc1OC(C)CC(=O)OC. The third-order valence-corrected chi connectivity index (χ3v) is 2.32. The number of carbonyl (C=O) groups is 1. The summed E-state index contributed by atoms with van der Waals surface area (Å²) in [4.78, 5) is 11.1. The summed E-state index contributed by atoms with van der Waals surface area (Å²) in [5, 5.41) is 0. The Hall–Kier alpha value is -1.71. The Kier molecular flexibility index (Phi) is 6.05. The van der Waals surface area contributed by atoms with Gasteiger partial charge in [0.1, 0.15) is 6.10 Å². The van der Waals surface area contributed by atoms with Crippen molar-refractivity contribution in [2.75, 3.05) is 13.7 Å². The number of hydrogen-bond donors (Lipinski definition) is 0. The van der Waals surface area contributed by atoms with Crippen molar-refractivity contribution in [1.82, 2.24) is 0 Å². The number of carbonyl (C=O) groups excluding carboxylic acids is 1. The van der Waals surface area contributed by atoms with Gasteiger partial charge in [-0.15, -0.1) is 0 Å². The third kappa shape index (κ3) is 4.65. The molecule has 1 aromatic carbocycles. The molecule has 0 heterocycles. The van der Waals surface area contributed by atoms with Crippen molar-refractivity contribution in [2.24, 2.45) is 0 Å². The first-order valence-electron chi connectivity index (χ1n) is 6.12. The average Bonchev–Trinajstić information content (AvgIpc) is 2.37. The zero-order valence-corrected chi connectivity index (χ0v) is 11.1. The minimum atomic E-state index is -0.283. The van der Waals surface area contributed by atoms with Gasteiger partial charge in [0.05, 0.1) is 20.1 Å². The molecule has 0 fully saturated rings. The molecule has 1 unspecified atom stereocenters. The highest BCUT2D eigenvalue weighted by Crippen LogP contribution is 2.27. The van der Waals surface area contributed by atoms with Crippen LogP contribution in [0.4, 0.5) is 0 Å². The second kappa shape index (κ2) is 7.58. The molecule has 1 atom stereocenters. The lowest BCUT2D eigenvalue weighted by Gasteiger charge is -2.16. The summed E-state index contributed by atoms with van der Waals surface area (Å²) in [6.45, 7) is 4.52. The van der Waals surface area contributed by atoms with Gasteiger partial charge in [0, 0.05) is 0 Å². The molecule has 4 heteroatoms. The Morgan fingerprint density at radius 3 is 2.56 bits per heavy atom. The maximum Gasteiger partial charge on any atom is 0.309 e. The first-order chi connectivity index (χ1) is 8.67. The number of esters is 1. The van der Waals surface area contributed by atoms with Gasteiger partial charge in [0.15, 0.2) is 11.5 Å². The molecule has 0 bridgehead atoms. The first-order valence-corrected chi connectivity index (χ1v) is 6.12. The van der Waals surface area contributed by atoms with E-state index in [0.717, 1.165) is 6.42 Å². The van der Waals surface area contributed by atoms with Crippen molar-refractivity contribution in [3.63, 3.8) is 0 Å². The van der Waals surface area contributed by atoms with Crippen LogP contribution >= 0.6 is 0 Å². The molecule has 0 spiro atoms. The summed E-state index contributed by atoms with van der Waals surface area (Å²) in [7, 11) is 1.37. The van der Waals surface area contributed by atoms with Gasteiger partial charge in [-0.1, -0.05) is 19.1 Å². The highest BCUT2D eigenvalue weighted by atomic mass is 16.5. The lowest BCUT2D eigenvalue weighted by Crippen LogP contribution is -2.18. The second-order valence-electron chi connectivity index (χ2n) is 4.00. The quantitative estimate of drug-likeness (QED) is 0.700. The maximum absolute atomic E-state index is 11.1. The smallest absolute Gasteiger partial charge is 0.309 e. The molecule has 0 aliphatic carbocycles. The molecule has 0 saturated heterocycles. The molecule has 18 heavy (non-hydrogen) atoms. The van der Waals surface area contributed by atoms with E-state index >= 15 is 0 Å². The molecule has 0 amide bonds. The van der Waals surface area contributed by atoms with Gasteiger partial charge in [-0.25, -0.2) is 0 Å². The summed E-state index contributed by atoms with van der Waals surface area (Å²) in [5.41, 5.74) is 0. The number of rotatable bonds is 7. The second-order valence-corrected chi connectivity index (χ2v) is 4.00. The molecule has 100 valence electrons. The fourth-order valence-electron chi connectivity index (χ4n) is 1.46. The molecule has 0 N–H and O–H groups in total. The van der Waals surface area contributed by atoms with Crippen LogP contribution in [0.5, 0.6) is 11.5 Å². The Morgan fingerprint density at radius 1 is 1.28 bits per heavy atom. The van der Waals surface area contributed by atoms with Crippen molar-refractivity contribution >= 4 is 5.97 Å². The van der Waals surface area contributed by atoms with Gasteiger partial charge < -0.3 is 14.2 Å². The lowest BCUT2D eigenvalue weighted by atomic mass is 10.2. The highest BCUT2D eigenvalue weighted by molar-refractivity contribution is 5.69. The van der Waals surface area contributed by atoms with E-state index in [9.17, 15) is 4.79 Å². The highest BCUT2D eigenvalue weighted by Gasteiger charge is 2.13. The van der Waals surface area contributed by atoms with Gasteiger partial charge in [-0.2, -0.15) is 0 Å². The van der Waals surface area contributed by atoms with Crippen molar-refractivity contribution < 1.29 is 19.0 Å². The van der Waals surface area contributed by atoms with Gasteiger partial charge in [-0.3, -0.25) is 4.79 Å². The van der Waals surface area contributed by atoms with E-state index in [1.165, 1.54) is 7.11 Å². The van der Waals surface area contributed by atoms with Crippen LogP contribution in [0, 0.1) is 0 Å². The van der Waals surface area contributed by atoms with E-state index in [0.29, 0.717) is 18.1 Å². The number of ether oxygens (including phenoxy) is 3. The molecule has 4 nitrogen and oxygen atoms in total. The Morgan fingerprint density at radius 2 is 1.94 bits per heavy atom. The van der Waals surface area contributed by atoms with Gasteiger partial charge in [-0.05, 0) is 25.5 Å². The van der Waals surface area contributed by atoms with Crippen LogP contribution in [0.15, 0.2) is 24.3 Å². The fraction of sp³-hybridized carbons (Fsp3) is 0.500. The van der Waals surface area contributed by atoms with Gasteiger partial charge >= 0.3 is 5.97 Å². The molecule has 0 aliphatic rings. The summed E-state index contributed by atoms with van der Waals surface area (Å²) >= 11 is 0. The van der Waals surface area contributed by atoms with Gasteiger partial charge in [0.25, 0.3) is 0 Å². The number of para-hydroxylation sites is 2. The first kappa shape index (κ1) is 14.4. The van der Waals surface area contributed by atoms with E-state index in [2.05, 4.69) is 4.74 Å². The van der Waals surface area contributed by atoms with Crippen molar-refractivity contribution in [2.45, 2.75) is 32.8 Å². The minimum absolute atomic E-state index is 0.221. The fourth-order valence-corrected chi connectivity index (χ4v) is 1.46. The van der Waals surface area contributed by atoms with Crippen LogP contribution in [0.2, 0.25) is 0 Å². The zero-order chi connectivity index (χ0) is 13.4. The Bertz CT molecular complexity index is 376. The normalized spacial score (nSPS) is 11.7. The van der Waals surface area contributed by atoms with Crippen LogP contribution in [0.1, 0.15) is 26.7 Å². The molecule has 0 saturated carbocycles. The van der Waals surface area contributed by atoms with E-state index in [-0.39, 0.29) is 18.5 Å². The monoisotopic (exact) mass is 252 g/mol. The molecular weight excluding hydrogens is 232 g/mol. The topological polar surface area (TPSA) is 44.8 Å². The van der Waals surface area contributed by atoms with Crippen molar-refractivity contribution in [3.05, 3.63) is 24.3 Å². The summed E-state index contributed by atoms with van der Waals surface area (Å²) in [6.07, 6.45) is 0.911. The largest absolute Gasteiger partial charge is 0.490 e. The summed E-state index contributed by atoms with van der Waals surface area (Å²) in [5.74, 6) is 1.08. The third-order valence-electron chi connectivity index (χ3n) is 2.32. The predicted octanol–water partition coefficient (Wildman–Crippen LogP) is 2.81. The molecule has 0 aliphatic heterocycles. The van der Waals surface area contributed by atoms with E-state index in [1.807, 2.05) is 38.1 Å². The van der Waals surface area contributed by atoms with Crippen LogP contribution in [0.3, 0.4) is 0 Å². The number of methoxy groups -OCH3 is 1. The van der Waals surface area contributed by atoms with E-state index in [4.69, 9.17) is 9.47 Å². The number of hydrogen-bond acceptors (Lipinski definition) is 4. The minimum Gasteiger partial charge on any atom is -0.490 e. The van der Waals surface area contributed by atoms with Crippen LogP contribution in [-0.4, -0.2) is 25.8 Å². The zero-order valence-electron chi connectivity index (χ0n) is 11.1. The molecule has 0 aromatic heterocycles. The summed E-state index contributed by atoms with van der Waals surface area (Å²) < 4.78 is 15.9. The van der Waals surface area contributed by atoms with E-state index in [1.54, 1.807) is 0 Å². The predicted molar refractivity (Wildman–Crippen MR) is 69.0 cm³/mol. The molecular formula is C14H20O4.